The SMILES string of the molecule is C=C1C=Cc2cc(C(=O)NCc3nc4ccccc4[nH]3)[nH]c2N1c1ccc(OC(F)(F)F)cc1. The summed E-state index contributed by atoms with van der Waals surface area (Å²) in [6, 6.07) is 14.7. The largest absolute Gasteiger partial charge is 0.573 e. The number of nitrogens with zero attached hydrogens (tertiary/aromatic N) is 2. The van der Waals surface area contributed by atoms with Crippen LogP contribution in [0.2, 0.25) is 0 Å². The van der Waals surface area contributed by atoms with Crippen LogP contribution in [-0.4, -0.2) is 27.2 Å². The number of carbonyl (C=O) groups excluding carboxylic acids is 1. The first-order valence-electron chi connectivity index (χ1n) is 10.2. The van der Waals surface area contributed by atoms with E-state index < -0.39 is 6.36 Å². The Balaban J connectivity index is 1.34. The number of benzene rings is 2. The number of halogens is 3. The van der Waals surface area contributed by atoms with Gasteiger partial charge in [-0.2, -0.15) is 0 Å². The lowest BCUT2D eigenvalue weighted by atomic mass is 10.1. The van der Waals surface area contributed by atoms with Crippen molar-refractivity contribution >= 4 is 34.5 Å². The lowest BCUT2D eigenvalue weighted by molar-refractivity contribution is -0.274. The molecule has 0 fully saturated rings. The number of nitrogens with one attached hydrogen (secondary N) is 3. The molecule has 0 bridgehead atoms. The van der Waals surface area contributed by atoms with Gasteiger partial charge in [0.2, 0.25) is 0 Å². The maximum Gasteiger partial charge on any atom is 0.573 e. The maximum atomic E-state index is 12.8. The minimum absolute atomic E-state index is 0.212. The van der Waals surface area contributed by atoms with Crippen molar-refractivity contribution in [3.63, 3.8) is 0 Å². The second-order valence-electron chi connectivity index (χ2n) is 7.57. The van der Waals surface area contributed by atoms with Gasteiger partial charge in [0.1, 0.15) is 23.1 Å². The summed E-state index contributed by atoms with van der Waals surface area (Å²) in [6.45, 7) is 4.21. The van der Waals surface area contributed by atoms with Crippen LogP contribution >= 0.6 is 0 Å². The summed E-state index contributed by atoms with van der Waals surface area (Å²) in [5.74, 6) is 0.544. The number of H-pyrrole nitrogens is 2. The Bertz CT molecular complexity index is 1380. The van der Waals surface area contributed by atoms with Gasteiger partial charge in [-0.1, -0.05) is 18.7 Å². The van der Waals surface area contributed by atoms with Crippen molar-refractivity contribution in [3.05, 3.63) is 90.0 Å². The molecule has 34 heavy (non-hydrogen) atoms. The van der Waals surface area contributed by atoms with E-state index in [-0.39, 0.29) is 18.2 Å². The van der Waals surface area contributed by atoms with E-state index in [9.17, 15) is 18.0 Å². The summed E-state index contributed by atoms with van der Waals surface area (Å²) in [6.07, 6.45) is -1.20. The molecule has 3 heterocycles. The molecule has 1 aliphatic rings. The molecule has 2 aromatic heterocycles. The molecule has 7 nitrogen and oxygen atoms in total. The van der Waals surface area contributed by atoms with Gasteiger partial charge >= 0.3 is 6.36 Å². The Kier molecular flexibility index (Phi) is 5.12. The number of allylic oxidation sites excluding steroid dienone is 1. The number of anilines is 2. The van der Waals surface area contributed by atoms with Crippen molar-refractivity contribution in [2.24, 2.45) is 0 Å². The minimum Gasteiger partial charge on any atom is -0.406 e. The zero-order valence-corrected chi connectivity index (χ0v) is 17.6. The number of imidazole rings is 1. The van der Waals surface area contributed by atoms with Gasteiger partial charge in [0.05, 0.1) is 17.6 Å². The zero-order chi connectivity index (χ0) is 23.9. The van der Waals surface area contributed by atoms with E-state index in [4.69, 9.17) is 0 Å². The number of rotatable bonds is 5. The van der Waals surface area contributed by atoms with Crippen LogP contribution in [0, 0.1) is 0 Å². The highest BCUT2D eigenvalue weighted by molar-refractivity contribution is 5.96. The molecular weight excluding hydrogens is 447 g/mol. The molecule has 10 heteroatoms. The number of aromatic nitrogens is 3. The highest BCUT2D eigenvalue weighted by atomic mass is 19.4. The summed E-state index contributed by atoms with van der Waals surface area (Å²) in [7, 11) is 0. The fourth-order valence-corrected chi connectivity index (χ4v) is 3.74. The first-order chi connectivity index (χ1) is 16.3. The predicted octanol–water partition coefficient (Wildman–Crippen LogP) is 5.40. The van der Waals surface area contributed by atoms with Crippen molar-refractivity contribution in [1.82, 2.24) is 20.3 Å². The van der Waals surface area contributed by atoms with Gasteiger partial charge in [-0.05, 0) is 54.6 Å². The van der Waals surface area contributed by atoms with Crippen LogP contribution in [0.25, 0.3) is 17.1 Å². The molecule has 0 aliphatic carbocycles. The molecule has 1 aliphatic heterocycles. The summed E-state index contributed by atoms with van der Waals surface area (Å²) in [4.78, 5) is 25.2. The third-order valence-electron chi connectivity index (χ3n) is 5.22. The Morgan fingerprint density at radius 3 is 2.59 bits per heavy atom. The first kappa shape index (κ1) is 21.4. The normalized spacial score (nSPS) is 13.3. The molecule has 0 saturated heterocycles. The van der Waals surface area contributed by atoms with E-state index in [1.165, 1.54) is 24.3 Å². The zero-order valence-electron chi connectivity index (χ0n) is 17.6. The van der Waals surface area contributed by atoms with Crippen LogP contribution in [0.3, 0.4) is 0 Å². The molecule has 4 aromatic rings. The molecule has 2 aromatic carbocycles. The molecule has 1 amide bonds. The number of para-hydroxylation sites is 2. The number of carbonyl (C=O) groups is 1. The van der Waals surface area contributed by atoms with Gasteiger partial charge in [0, 0.05) is 16.9 Å². The number of alkyl halides is 3. The molecule has 172 valence electrons. The van der Waals surface area contributed by atoms with Crippen LogP contribution in [0.1, 0.15) is 21.9 Å². The van der Waals surface area contributed by atoms with Crippen LogP contribution in [-0.2, 0) is 6.54 Å². The third kappa shape index (κ3) is 4.25. The van der Waals surface area contributed by atoms with Crippen LogP contribution in [0.15, 0.2) is 72.9 Å². The topological polar surface area (TPSA) is 86.0 Å². The van der Waals surface area contributed by atoms with E-state index in [0.717, 1.165) is 16.6 Å². The van der Waals surface area contributed by atoms with Crippen molar-refractivity contribution in [2.45, 2.75) is 12.9 Å². The first-order valence-corrected chi connectivity index (χ1v) is 10.2. The summed E-state index contributed by atoms with van der Waals surface area (Å²) < 4.78 is 41.3. The lowest BCUT2D eigenvalue weighted by Crippen LogP contribution is -2.24. The molecule has 5 rings (SSSR count). The second kappa shape index (κ2) is 8.14. The molecule has 3 N–H and O–H groups in total. The number of fused-ring (bicyclic) bond motifs is 2. The number of hydrogen-bond donors (Lipinski definition) is 3. The van der Waals surface area contributed by atoms with Crippen LogP contribution in [0.5, 0.6) is 5.75 Å². The Labute approximate surface area is 191 Å². The van der Waals surface area contributed by atoms with Gasteiger partial charge in [-0.3, -0.25) is 9.69 Å². The maximum absolute atomic E-state index is 12.8. The molecule has 0 radical (unpaired) electrons. The van der Waals surface area contributed by atoms with E-state index in [0.29, 0.717) is 28.7 Å². The van der Waals surface area contributed by atoms with Crippen molar-refractivity contribution in [2.75, 3.05) is 4.90 Å². The lowest BCUT2D eigenvalue weighted by Gasteiger charge is -2.27. The smallest absolute Gasteiger partial charge is 0.406 e. The standard InChI is InChI=1S/C24H18F3N5O2/c1-14-6-7-15-12-20(23(33)28-13-21-29-18-4-2-3-5-19(18)30-21)31-22(15)32(14)16-8-10-17(11-9-16)34-24(25,26)27/h2-12,31H,1,13H2,(H,28,33)(H,29,30). The van der Waals surface area contributed by atoms with Gasteiger partial charge in [-0.25, -0.2) is 4.98 Å². The van der Waals surface area contributed by atoms with Gasteiger partial charge in [-0.15, -0.1) is 13.2 Å². The quantitative estimate of drug-likeness (QED) is 0.369. The van der Waals surface area contributed by atoms with E-state index in [2.05, 4.69) is 31.6 Å². The summed E-state index contributed by atoms with van der Waals surface area (Å²) in [5.41, 5.74) is 3.88. The van der Waals surface area contributed by atoms with Crippen molar-refractivity contribution < 1.29 is 22.7 Å². The number of aromatic amines is 2. The molecule has 0 spiro atoms. The predicted molar refractivity (Wildman–Crippen MR) is 121 cm³/mol. The highest BCUT2D eigenvalue weighted by Crippen LogP contribution is 2.37. The van der Waals surface area contributed by atoms with Crippen molar-refractivity contribution in [1.29, 1.82) is 0 Å². The number of ether oxygens (including phenoxy) is 1. The number of hydrogen-bond acceptors (Lipinski definition) is 4. The van der Waals surface area contributed by atoms with E-state index >= 15 is 0 Å². The molecule has 0 unspecified atom stereocenters. The summed E-state index contributed by atoms with van der Waals surface area (Å²) in [5, 5.41) is 2.83. The van der Waals surface area contributed by atoms with Gasteiger partial charge in [0.15, 0.2) is 0 Å². The minimum atomic E-state index is -4.77. The molecule has 0 atom stereocenters. The Hall–Kier alpha value is -4.47. The molecule has 0 saturated carbocycles. The Morgan fingerprint density at radius 1 is 1.09 bits per heavy atom. The van der Waals surface area contributed by atoms with E-state index in [1.54, 1.807) is 17.0 Å². The van der Waals surface area contributed by atoms with Gasteiger partial charge < -0.3 is 20.0 Å². The fourth-order valence-electron chi connectivity index (χ4n) is 3.74. The average Bonchev–Trinajstić information content (AvgIpc) is 3.41. The van der Waals surface area contributed by atoms with Gasteiger partial charge in [0.25, 0.3) is 5.91 Å². The third-order valence-corrected chi connectivity index (χ3v) is 5.22. The van der Waals surface area contributed by atoms with Crippen molar-refractivity contribution in [3.8, 4) is 5.75 Å². The highest BCUT2D eigenvalue weighted by Gasteiger charge is 2.31. The fraction of sp³-hybridized carbons (Fsp3) is 0.0833. The monoisotopic (exact) mass is 465 g/mol. The summed E-state index contributed by atoms with van der Waals surface area (Å²) >= 11 is 0. The van der Waals surface area contributed by atoms with Crippen LogP contribution < -0.4 is 15.0 Å². The second-order valence-corrected chi connectivity index (χ2v) is 7.57. The van der Waals surface area contributed by atoms with E-state index in [1.807, 2.05) is 30.3 Å². The number of amides is 1. The average molecular weight is 465 g/mol. The van der Waals surface area contributed by atoms with Crippen LogP contribution in [0.4, 0.5) is 24.7 Å². The Morgan fingerprint density at radius 2 is 1.85 bits per heavy atom. The molecular formula is C24H18F3N5O2.